The van der Waals surface area contributed by atoms with Crippen LogP contribution in [0, 0.1) is 11.8 Å². The van der Waals surface area contributed by atoms with Crippen molar-refractivity contribution < 1.29 is 0 Å². The normalized spacial score (nSPS) is 47.8. The molecule has 88 valence electrons. The largest absolute Gasteiger partial charge is 0.326 e. The summed E-state index contributed by atoms with van der Waals surface area (Å²) in [6, 6.07) is 1.76. The lowest BCUT2D eigenvalue weighted by Crippen LogP contribution is -2.54. The first-order valence-electron chi connectivity index (χ1n) is 6.39. The van der Waals surface area contributed by atoms with Gasteiger partial charge in [-0.1, -0.05) is 6.92 Å². The van der Waals surface area contributed by atoms with Crippen molar-refractivity contribution in [2.24, 2.45) is 17.6 Å². The van der Waals surface area contributed by atoms with E-state index in [2.05, 4.69) is 24.5 Å². The lowest BCUT2D eigenvalue weighted by Gasteiger charge is -2.40. The van der Waals surface area contributed by atoms with Crippen LogP contribution in [0.5, 0.6) is 0 Å². The summed E-state index contributed by atoms with van der Waals surface area (Å²) in [5, 5.41) is 7.16. The van der Waals surface area contributed by atoms with E-state index in [1.54, 1.807) is 0 Å². The van der Waals surface area contributed by atoms with Gasteiger partial charge in [0, 0.05) is 24.7 Å². The van der Waals surface area contributed by atoms with E-state index in [9.17, 15) is 0 Å². The number of rotatable bonds is 1. The molecule has 0 amide bonds. The van der Waals surface area contributed by atoms with Gasteiger partial charge in [0.2, 0.25) is 0 Å². The van der Waals surface area contributed by atoms with Crippen LogP contribution in [0.2, 0.25) is 0 Å². The maximum absolute atomic E-state index is 6.02. The molecule has 0 aromatic heterocycles. The molecule has 2 aliphatic rings. The molecule has 3 heteroatoms. The fourth-order valence-corrected chi connectivity index (χ4v) is 3.04. The van der Waals surface area contributed by atoms with Crippen LogP contribution < -0.4 is 16.4 Å². The zero-order valence-electron chi connectivity index (χ0n) is 10.00. The standard InChI is InChI=1S/C12H25N3/c1-8-5-12(15-7-11(8)13)10-3-4-14-9(2)6-10/h8-12,14-15H,3-7,13H2,1-2H3. The molecule has 15 heavy (non-hydrogen) atoms. The summed E-state index contributed by atoms with van der Waals surface area (Å²) >= 11 is 0. The van der Waals surface area contributed by atoms with Crippen LogP contribution in [0.15, 0.2) is 0 Å². The molecule has 2 heterocycles. The predicted octanol–water partition coefficient (Wildman–Crippen LogP) is 0.700. The first-order valence-corrected chi connectivity index (χ1v) is 6.39. The molecule has 2 aliphatic heterocycles. The van der Waals surface area contributed by atoms with Crippen molar-refractivity contribution in [2.75, 3.05) is 13.1 Å². The highest BCUT2D eigenvalue weighted by molar-refractivity contribution is 4.91. The predicted molar refractivity (Wildman–Crippen MR) is 63.7 cm³/mol. The van der Waals surface area contributed by atoms with Crippen LogP contribution in [-0.2, 0) is 0 Å². The Morgan fingerprint density at radius 3 is 2.60 bits per heavy atom. The zero-order valence-corrected chi connectivity index (χ0v) is 10.00. The van der Waals surface area contributed by atoms with Gasteiger partial charge in [-0.25, -0.2) is 0 Å². The second kappa shape index (κ2) is 4.81. The molecule has 2 fully saturated rings. The molecule has 0 radical (unpaired) electrons. The quantitative estimate of drug-likeness (QED) is 0.598. The SMILES string of the molecule is CC1CC(C2CC(C)C(N)CN2)CCN1. The topological polar surface area (TPSA) is 50.1 Å². The van der Waals surface area contributed by atoms with Gasteiger partial charge in [0.1, 0.15) is 0 Å². The lowest BCUT2D eigenvalue weighted by molar-refractivity contribution is 0.179. The van der Waals surface area contributed by atoms with E-state index in [0.717, 1.165) is 12.5 Å². The molecule has 5 unspecified atom stereocenters. The van der Waals surface area contributed by atoms with E-state index in [1.165, 1.54) is 25.8 Å². The van der Waals surface area contributed by atoms with Crippen LogP contribution in [0.25, 0.3) is 0 Å². The second-order valence-electron chi connectivity index (χ2n) is 5.53. The molecule has 5 atom stereocenters. The van der Waals surface area contributed by atoms with Crippen LogP contribution >= 0.6 is 0 Å². The van der Waals surface area contributed by atoms with E-state index >= 15 is 0 Å². The average Bonchev–Trinajstić information content (AvgIpc) is 2.22. The minimum absolute atomic E-state index is 0.361. The van der Waals surface area contributed by atoms with Gasteiger partial charge in [-0.3, -0.25) is 0 Å². The Hall–Kier alpha value is -0.120. The van der Waals surface area contributed by atoms with Crippen molar-refractivity contribution >= 4 is 0 Å². The Morgan fingerprint density at radius 2 is 1.93 bits per heavy atom. The molecule has 0 saturated carbocycles. The Morgan fingerprint density at radius 1 is 1.13 bits per heavy atom. The number of nitrogens with two attached hydrogens (primary N) is 1. The van der Waals surface area contributed by atoms with Crippen molar-refractivity contribution in [3.05, 3.63) is 0 Å². The lowest BCUT2D eigenvalue weighted by atomic mass is 9.79. The summed E-state index contributed by atoms with van der Waals surface area (Å²) in [4.78, 5) is 0. The van der Waals surface area contributed by atoms with E-state index in [4.69, 9.17) is 5.73 Å². The summed E-state index contributed by atoms with van der Waals surface area (Å²) in [6.45, 7) is 6.78. The Bertz CT molecular complexity index is 207. The Labute approximate surface area is 93.2 Å². The Kier molecular flexibility index (Phi) is 3.65. The van der Waals surface area contributed by atoms with Crippen molar-refractivity contribution in [1.29, 1.82) is 0 Å². The minimum Gasteiger partial charge on any atom is -0.326 e. The number of piperidine rings is 2. The molecular weight excluding hydrogens is 186 g/mol. The van der Waals surface area contributed by atoms with Crippen molar-refractivity contribution in [2.45, 2.75) is 51.2 Å². The molecule has 4 N–H and O–H groups in total. The van der Waals surface area contributed by atoms with Gasteiger partial charge in [0.05, 0.1) is 0 Å². The molecular formula is C12H25N3. The van der Waals surface area contributed by atoms with Gasteiger partial charge in [0.15, 0.2) is 0 Å². The summed E-state index contributed by atoms with van der Waals surface area (Å²) in [5.74, 6) is 1.54. The number of hydrogen-bond donors (Lipinski definition) is 3. The molecule has 2 rings (SSSR count). The number of nitrogens with one attached hydrogen (secondary N) is 2. The van der Waals surface area contributed by atoms with E-state index in [0.29, 0.717) is 24.0 Å². The van der Waals surface area contributed by atoms with Crippen molar-refractivity contribution in [3.8, 4) is 0 Å². The fraction of sp³-hybridized carbons (Fsp3) is 1.00. The fourth-order valence-electron chi connectivity index (χ4n) is 3.04. The highest BCUT2D eigenvalue weighted by atomic mass is 15.0. The molecule has 0 aromatic carbocycles. The van der Waals surface area contributed by atoms with Crippen LogP contribution in [0.3, 0.4) is 0 Å². The van der Waals surface area contributed by atoms with Gasteiger partial charge in [-0.05, 0) is 44.6 Å². The van der Waals surface area contributed by atoms with E-state index in [1.807, 2.05) is 0 Å². The molecule has 3 nitrogen and oxygen atoms in total. The second-order valence-corrected chi connectivity index (χ2v) is 5.53. The van der Waals surface area contributed by atoms with Crippen molar-refractivity contribution in [3.63, 3.8) is 0 Å². The molecule has 0 aromatic rings. The van der Waals surface area contributed by atoms with Gasteiger partial charge >= 0.3 is 0 Å². The van der Waals surface area contributed by atoms with E-state index < -0.39 is 0 Å². The molecule has 0 bridgehead atoms. The van der Waals surface area contributed by atoms with E-state index in [-0.39, 0.29) is 0 Å². The molecule has 0 aliphatic carbocycles. The number of hydrogen-bond acceptors (Lipinski definition) is 3. The van der Waals surface area contributed by atoms with Gasteiger partial charge in [-0.15, -0.1) is 0 Å². The summed E-state index contributed by atoms with van der Waals surface area (Å²) < 4.78 is 0. The third-order valence-corrected chi connectivity index (χ3v) is 4.21. The van der Waals surface area contributed by atoms with Gasteiger partial charge in [0.25, 0.3) is 0 Å². The highest BCUT2D eigenvalue weighted by Crippen LogP contribution is 2.27. The van der Waals surface area contributed by atoms with Crippen LogP contribution in [-0.4, -0.2) is 31.2 Å². The maximum atomic E-state index is 6.02. The highest BCUT2D eigenvalue weighted by Gasteiger charge is 2.31. The minimum atomic E-state index is 0.361. The molecule has 2 saturated heterocycles. The maximum Gasteiger partial charge on any atom is 0.0191 e. The van der Waals surface area contributed by atoms with Crippen LogP contribution in [0.4, 0.5) is 0 Å². The Balaban J connectivity index is 1.87. The third kappa shape index (κ3) is 2.71. The van der Waals surface area contributed by atoms with Crippen LogP contribution in [0.1, 0.15) is 33.1 Å². The third-order valence-electron chi connectivity index (χ3n) is 4.21. The van der Waals surface area contributed by atoms with Gasteiger partial charge in [-0.2, -0.15) is 0 Å². The zero-order chi connectivity index (χ0) is 10.8. The molecule has 0 spiro atoms. The average molecular weight is 211 g/mol. The van der Waals surface area contributed by atoms with Crippen molar-refractivity contribution in [1.82, 2.24) is 10.6 Å². The monoisotopic (exact) mass is 211 g/mol. The van der Waals surface area contributed by atoms with Gasteiger partial charge < -0.3 is 16.4 Å². The summed E-state index contributed by atoms with van der Waals surface area (Å²) in [6.07, 6.45) is 3.90. The first-order chi connectivity index (χ1) is 7.16. The smallest absolute Gasteiger partial charge is 0.0191 e. The first kappa shape index (κ1) is 11.4. The summed E-state index contributed by atoms with van der Waals surface area (Å²) in [5.41, 5.74) is 6.02. The summed E-state index contributed by atoms with van der Waals surface area (Å²) in [7, 11) is 0.